The molecule has 0 saturated carbocycles. The van der Waals surface area contributed by atoms with Gasteiger partial charge in [-0.3, -0.25) is 4.79 Å². The number of rotatable bonds is 3. The van der Waals surface area contributed by atoms with Crippen molar-refractivity contribution in [1.29, 1.82) is 0 Å². The van der Waals surface area contributed by atoms with Gasteiger partial charge in [0.2, 0.25) is 0 Å². The summed E-state index contributed by atoms with van der Waals surface area (Å²) < 4.78 is 0.944. The van der Waals surface area contributed by atoms with Crippen molar-refractivity contribution in [3.05, 3.63) is 68.1 Å². The van der Waals surface area contributed by atoms with Gasteiger partial charge in [-0.05, 0) is 23.8 Å². The lowest BCUT2D eigenvalue weighted by molar-refractivity contribution is 0.0993. The smallest absolute Gasteiger partial charge is 0.167 e. The van der Waals surface area contributed by atoms with E-state index in [0.29, 0.717) is 15.6 Å². The van der Waals surface area contributed by atoms with Crippen LogP contribution < -0.4 is 0 Å². The molecule has 0 radical (unpaired) electrons. The third-order valence-electron chi connectivity index (χ3n) is 2.55. The molecule has 0 aliphatic rings. The van der Waals surface area contributed by atoms with Gasteiger partial charge in [0.25, 0.3) is 0 Å². The van der Waals surface area contributed by atoms with Gasteiger partial charge < -0.3 is 0 Å². The van der Waals surface area contributed by atoms with Crippen molar-refractivity contribution in [3.63, 3.8) is 0 Å². The lowest BCUT2D eigenvalue weighted by Crippen LogP contribution is -2.03. The Hall–Kier alpha value is -0.830. The Labute approximate surface area is 124 Å². The Kier molecular flexibility index (Phi) is 4.44. The maximum atomic E-state index is 12.1. The first-order valence-corrected chi connectivity index (χ1v) is 6.84. The third-order valence-corrected chi connectivity index (χ3v) is 3.94. The van der Waals surface area contributed by atoms with E-state index in [1.807, 2.05) is 18.2 Å². The van der Waals surface area contributed by atoms with E-state index in [0.717, 1.165) is 10.0 Å². The summed E-state index contributed by atoms with van der Waals surface area (Å²) in [6.07, 6.45) is 0.251. The molecule has 0 unspecified atom stereocenters. The molecule has 18 heavy (non-hydrogen) atoms. The molecule has 2 rings (SSSR count). The van der Waals surface area contributed by atoms with Crippen LogP contribution in [-0.2, 0) is 6.42 Å². The molecule has 0 aromatic heterocycles. The summed E-state index contributed by atoms with van der Waals surface area (Å²) in [5.41, 5.74) is 1.41. The number of benzene rings is 2. The molecule has 0 spiro atoms. The monoisotopic (exact) mass is 342 g/mol. The van der Waals surface area contributed by atoms with E-state index >= 15 is 0 Å². The van der Waals surface area contributed by atoms with E-state index < -0.39 is 0 Å². The summed E-state index contributed by atoms with van der Waals surface area (Å²) in [5, 5.41) is 0.919. The van der Waals surface area contributed by atoms with Crippen molar-refractivity contribution in [2.75, 3.05) is 0 Å². The predicted molar refractivity (Wildman–Crippen MR) is 78.6 cm³/mol. The molecule has 1 nitrogen and oxygen atoms in total. The zero-order valence-corrected chi connectivity index (χ0v) is 12.4. The molecule has 0 aliphatic heterocycles. The van der Waals surface area contributed by atoms with Gasteiger partial charge in [0.1, 0.15) is 0 Å². The number of Topliss-reactive ketones (excluding diaryl/α,β-unsaturated/α-hetero) is 1. The van der Waals surface area contributed by atoms with Gasteiger partial charge in [0, 0.05) is 16.5 Å². The molecule has 0 atom stereocenters. The van der Waals surface area contributed by atoms with Gasteiger partial charge in [-0.2, -0.15) is 0 Å². The third kappa shape index (κ3) is 3.14. The fourth-order valence-electron chi connectivity index (χ4n) is 1.60. The van der Waals surface area contributed by atoms with Crippen molar-refractivity contribution in [3.8, 4) is 0 Å². The van der Waals surface area contributed by atoms with Gasteiger partial charge in [-0.15, -0.1) is 0 Å². The minimum Gasteiger partial charge on any atom is -0.294 e. The molecular weight excluding hydrogens is 335 g/mol. The standard InChI is InChI=1S/C14H9BrCl2O/c15-11-6-4-9(5-7-11)13(18)8-10-2-1-3-12(16)14(10)17/h1-7H,8H2. The van der Waals surface area contributed by atoms with E-state index in [9.17, 15) is 4.79 Å². The highest BCUT2D eigenvalue weighted by Crippen LogP contribution is 2.26. The highest BCUT2D eigenvalue weighted by atomic mass is 79.9. The topological polar surface area (TPSA) is 17.1 Å². The Balaban J connectivity index is 2.21. The van der Waals surface area contributed by atoms with Crippen molar-refractivity contribution >= 4 is 44.9 Å². The van der Waals surface area contributed by atoms with E-state index in [1.54, 1.807) is 24.3 Å². The van der Waals surface area contributed by atoms with Gasteiger partial charge in [0.15, 0.2) is 5.78 Å². The Bertz CT molecular complexity index is 579. The molecule has 0 N–H and O–H groups in total. The summed E-state index contributed by atoms with van der Waals surface area (Å²) in [7, 11) is 0. The Morgan fingerprint density at radius 3 is 2.39 bits per heavy atom. The van der Waals surface area contributed by atoms with Crippen LogP contribution >= 0.6 is 39.1 Å². The first kappa shape index (κ1) is 13.6. The normalized spacial score (nSPS) is 10.4. The summed E-state index contributed by atoms with van der Waals surface area (Å²) >= 11 is 15.3. The molecule has 2 aromatic carbocycles. The van der Waals surface area contributed by atoms with Gasteiger partial charge in [-0.1, -0.05) is 63.4 Å². The average Bonchev–Trinajstić information content (AvgIpc) is 2.36. The van der Waals surface area contributed by atoms with Crippen LogP contribution in [-0.4, -0.2) is 5.78 Å². The van der Waals surface area contributed by atoms with Crippen molar-refractivity contribution in [1.82, 2.24) is 0 Å². The van der Waals surface area contributed by atoms with Gasteiger partial charge in [-0.25, -0.2) is 0 Å². The summed E-state index contributed by atoms with van der Waals surface area (Å²) in [4.78, 5) is 12.1. The van der Waals surface area contributed by atoms with Crippen LogP contribution in [0.4, 0.5) is 0 Å². The van der Waals surface area contributed by atoms with E-state index in [-0.39, 0.29) is 12.2 Å². The fourth-order valence-corrected chi connectivity index (χ4v) is 2.25. The van der Waals surface area contributed by atoms with Crippen LogP contribution in [0.5, 0.6) is 0 Å². The molecule has 4 heteroatoms. The highest BCUT2D eigenvalue weighted by Gasteiger charge is 2.11. The number of hydrogen-bond donors (Lipinski definition) is 0. The minimum absolute atomic E-state index is 0.0201. The summed E-state index contributed by atoms with van der Waals surface area (Å²) in [6.45, 7) is 0. The Morgan fingerprint density at radius 1 is 1.06 bits per heavy atom. The van der Waals surface area contributed by atoms with E-state index in [1.165, 1.54) is 0 Å². The second-order valence-corrected chi connectivity index (χ2v) is 5.52. The molecule has 0 saturated heterocycles. The molecule has 0 amide bonds. The number of ketones is 1. The lowest BCUT2D eigenvalue weighted by Gasteiger charge is -2.05. The summed E-state index contributed by atoms with van der Waals surface area (Å²) in [6, 6.07) is 12.6. The highest BCUT2D eigenvalue weighted by molar-refractivity contribution is 9.10. The SMILES string of the molecule is O=C(Cc1cccc(Cl)c1Cl)c1ccc(Br)cc1. The molecule has 0 fully saturated rings. The number of halogens is 3. The first-order valence-electron chi connectivity index (χ1n) is 5.29. The Morgan fingerprint density at radius 2 is 1.72 bits per heavy atom. The molecular formula is C14H9BrCl2O. The number of carbonyl (C=O) groups is 1. The second-order valence-electron chi connectivity index (χ2n) is 3.82. The average molecular weight is 344 g/mol. The number of hydrogen-bond acceptors (Lipinski definition) is 1. The second kappa shape index (κ2) is 5.87. The lowest BCUT2D eigenvalue weighted by atomic mass is 10.0. The fraction of sp³-hybridized carbons (Fsp3) is 0.0714. The molecule has 2 aromatic rings. The van der Waals surface area contributed by atoms with Crippen molar-refractivity contribution in [2.24, 2.45) is 0 Å². The maximum Gasteiger partial charge on any atom is 0.167 e. The van der Waals surface area contributed by atoms with Crippen LogP contribution in [0.2, 0.25) is 10.0 Å². The molecule has 0 heterocycles. The van der Waals surface area contributed by atoms with Crippen molar-refractivity contribution < 1.29 is 4.79 Å². The van der Waals surface area contributed by atoms with Crippen LogP contribution in [0.1, 0.15) is 15.9 Å². The minimum atomic E-state index is 0.0201. The summed E-state index contributed by atoms with van der Waals surface area (Å²) in [5.74, 6) is 0.0201. The first-order chi connectivity index (χ1) is 8.58. The quantitative estimate of drug-likeness (QED) is 0.701. The van der Waals surface area contributed by atoms with Gasteiger partial charge in [0.05, 0.1) is 10.0 Å². The van der Waals surface area contributed by atoms with Crippen LogP contribution in [0.3, 0.4) is 0 Å². The van der Waals surface area contributed by atoms with E-state index in [2.05, 4.69) is 15.9 Å². The van der Waals surface area contributed by atoms with Crippen molar-refractivity contribution in [2.45, 2.75) is 6.42 Å². The van der Waals surface area contributed by atoms with Gasteiger partial charge >= 0.3 is 0 Å². The molecule has 0 bridgehead atoms. The van der Waals surface area contributed by atoms with Crippen LogP contribution in [0, 0.1) is 0 Å². The largest absolute Gasteiger partial charge is 0.294 e. The zero-order valence-electron chi connectivity index (χ0n) is 9.29. The van der Waals surface area contributed by atoms with E-state index in [4.69, 9.17) is 23.2 Å². The predicted octanol–water partition coefficient (Wildman–Crippen LogP) is 5.18. The maximum absolute atomic E-state index is 12.1. The molecule has 92 valence electrons. The van der Waals surface area contributed by atoms with Crippen LogP contribution in [0.25, 0.3) is 0 Å². The van der Waals surface area contributed by atoms with Crippen LogP contribution in [0.15, 0.2) is 46.9 Å². The number of carbonyl (C=O) groups excluding carboxylic acids is 1. The zero-order chi connectivity index (χ0) is 13.1. The molecule has 0 aliphatic carbocycles.